The predicted octanol–water partition coefficient (Wildman–Crippen LogP) is 4.62. The van der Waals surface area contributed by atoms with Crippen molar-refractivity contribution in [1.82, 2.24) is 4.98 Å². The van der Waals surface area contributed by atoms with E-state index >= 15 is 0 Å². The summed E-state index contributed by atoms with van der Waals surface area (Å²) in [4.78, 5) is 8.73. The molecule has 2 aromatic rings. The molecular formula is C17H16N2OS. The maximum absolute atomic E-state index is 5.23. The van der Waals surface area contributed by atoms with Gasteiger partial charge in [-0.3, -0.25) is 4.99 Å². The first kappa shape index (κ1) is 13.8. The van der Waals surface area contributed by atoms with Gasteiger partial charge in [-0.2, -0.15) is 0 Å². The molecule has 21 heavy (non-hydrogen) atoms. The second kappa shape index (κ2) is 6.50. The van der Waals surface area contributed by atoms with Crippen molar-refractivity contribution in [3.05, 3.63) is 53.2 Å². The van der Waals surface area contributed by atoms with Crippen LogP contribution in [0, 0.1) is 0 Å². The lowest BCUT2D eigenvalue weighted by atomic mass is 10.1. The Morgan fingerprint density at radius 2 is 2.14 bits per heavy atom. The number of ether oxygens (including phenoxy) is 1. The number of hydrogen-bond acceptors (Lipinski definition) is 4. The average Bonchev–Trinajstić information content (AvgIpc) is 2.94. The first-order chi connectivity index (χ1) is 10.3. The van der Waals surface area contributed by atoms with Crippen molar-refractivity contribution in [3.8, 4) is 5.75 Å². The molecule has 0 N–H and O–H groups in total. The highest BCUT2D eigenvalue weighted by Gasteiger charge is 2.02. The minimum atomic E-state index is 0.867. The molecule has 3 nitrogen and oxygen atoms in total. The third-order valence-electron chi connectivity index (χ3n) is 3.18. The maximum atomic E-state index is 5.23. The fourth-order valence-corrected chi connectivity index (χ4v) is 2.99. The Hall–Kier alpha value is -2.20. The summed E-state index contributed by atoms with van der Waals surface area (Å²) in [5, 5.41) is 0.999. The van der Waals surface area contributed by atoms with Crippen LogP contribution in [-0.4, -0.2) is 18.3 Å². The molecule has 0 saturated carbocycles. The van der Waals surface area contributed by atoms with Crippen LogP contribution >= 0.6 is 11.3 Å². The lowest BCUT2D eigenvalue weighted by Gasteiger charge is -2.00. The molecular weight excluding hydrogens is 280 g/mol. The lowest BCUT2D eigenvalue weighted by Crippen LogP contribution is -1.86. The van der Waals surface area contributed by atoms with E-state index in [0.717, 1.165) is 33.8 Å². The number of nitrogens with zero attached hydrogens (tertiary/aromatic N) is 2. The summed E-state index contributed by atoms with van der Waals surface area (Å²) in [5.74, 6) is 0.867. The van der Waals surface area contributed by atoms with Crippen LogP contribution in [0.2, 0.25) is 0 Å². The van der Waals surface area contributed by atoms with Crippen LogP contribution < -0.4 is 4.74 Å². The Balaban J connectivity index is 1.72. The Morgan fingerprint density at radius 1 is 1.24 bits per heavy atom. The van der Waals surface area contributed by atoms with E-state index in [0.29, 0.717) is 0 Å². The molecule has 1 aromatic heterocycles. The standard InChI is InChI=1S/C17H16N2OS/c1-20-14-8-9-15-16(11-14)21-17(19-15)7-3-2-5-13-6-4-10-18-12-13/h2-3,5,7-12H,4,6H2,1H3/b5-2+,7-3+. The van der Waals surface area contributed by atoms with Gasteiger partial charge in [-0.15, -0.1) is 11.3 Å². The Kier molecular flexibility index (Phi) is 4.26. The number of aromatic nitrogens is 1. The minimum absolute atomic E-state index is 0.867. The molecule has 1 aliphatic rings. The summed E-state index contributed by atoms with van der Waals surface area (Å²) in [6.07, 6.45) is 14.1. The summed E-state index contributed by atoms with van der Waals surface area (Å²) in [5.41, 5.74) is 2.27. The van der Waals surface area contributed by atoms with Crippen molar-refractivity contribution in [2.45, 2.75) is 12.8 Å². The number of fused-ring (bicyclic) bond motifs is 1. The van der Waals surface area contributed by atoms with E-state index in [1.807, 2.05) is 48.8 Å². The molecule has 1 aromatic carbocycles. The number of allylic oxidation sites excluding steroid dienone is 4. The molecule has 0 aliphatic carbocycles. The molecule has 0 saturated heterocycles. The van der Waals surface area contributed by atoms with Gasteiger partial charge >= 0.3 is 0 Å². The smallest absolute Gasteiger partial charge is 0.120 e. The highest BCUT2D eigenvalue weighted by molar-refractivity contribution is 7.19. The SMILES string of the molecule is COc1ccc2nc(/C=C/C=C/C3=CN=CCC3)sc2c1. The molecule has 106 valence electrons. The second-order valence-corrected chi connectivity index (χ2v) is 5.74. The summed E-state index contributed by atoms with van der Waals surface area (Å²) in [6, 6.07) is 5.94. The molecule has 3 rings (SSSR count). The molecule has 0 atom stereocenters. The van der Waals surface area contributed by atoms with Gasteiger partial charge in [0.1, 0.15) is 10.8 Å². The van der Waals surface area contributed by atoms with Gasteiger partial charge in [-0.25, -0.2) is 4.98 Å². The van der Waals surface area contributed by atoms with Crippen molar-refractivity contribution in [2.75, 3.05) is 7.11 Å². The monoisotopic (exact) mass is 296 g/mol. The first-order valence-electron chi connectivity index (χ1n) is 6.85. The molecule has 1 aliphatic heterocycles. The van der Waals surface area contributed by atoms with Crippen LogP contribution in [0.1, 0.15) is 17.8 Å². The van der Waals surface area contributed by atoms with Gasteiger partial charge in [0.2, 0.25) is 0 Å². The van der Waals surface area contributed by atoms with Gasteiger partial charge in [0.05, 0.1) is 17.3 Å². The Labute approximate surface area is 128 Å². The maximum Gasteiger partial charge on any atom is 0.120 e. The van der Waals surface area contributed by atoms with Crippen LogP contribution in [0.25, 0.3) is 16.3 Å². The third-order valence-corrected chi connectivity index (χ3v) is 4.16. The van der Waals surface area contributed by atoms with Crippen LogP contribution in [0.5, 0.6) is 5.75 Å². The molecule has 0 amide bonds. The van der Waals surface area contributed by atoms with Crippen molar-refractivity contribution >= 4 is 33.8 Å². The molecule has 0 radical (unpaired) electrons. The summed E-state index contributed by atoms with van der Waals surface area (Å²) < 4.78 is 6.37. The van der Waals surface area contributed by atoms with Crippen LogP contribution in [-0.2, 0) is 0 Å². The number of hydrogen-bond donors (Lipinski definition) is 0. The minimum Gasteiger partial charge on any atom is -0.497 e. The lowest BCUT2D eigenvalue weighted by molar-refractivity contribution is 0.415. The normalized spacial score (nSPS) is 15.2. The number of methoxy groups -OCH3 is 1. The summed E-state index contributed by atoms with van der Waals surface area (Å²) in [6.45, 7) is 0. The first-order valence-corrected chi connectivity index (χ1v) is 7.67. The number of benzene rings is 1. The van der Waals surface area contributed by atoms with Crippen molar-refractivity contribution in [3.63, 3.8) is 0 Å². The van der Waals surface area contributed by atoms with Crippen molar-refractivity contribution in [1.29, 1.82) is 0 Å². The number of aliphatic imine (C=N–C) groups is 1. The topological polar surface area (TPSA) is 34.5 Å². The average molecular weight is 296 g/mol. The zero-order valence-electron chi connectivity index (χ0n) is 11.8. The second-order valence-electron chi connectivity index (χ2n) is 4.68. The summed E-state index contributed by atoms with van der Waals surface area (Å²) >= 11 is 1.66. The zero-order valence-corrected chi connectivity index (χ0v) is 12.6. The van der Waals surface area contributed by atoms with Gasteiger partial charge in [0, 0.05) is 12.4 Å². The van der Waals surface area contributed by atoms with E-state index in [1.54, 1.807) is 18.4 Å². The highest BCUT2D eigenvalue weighted by Crippen LogP contribution is 2.26. The fraction of sp³-hybridized carbons (Fsp3) is 0.176. The van der Waals surface area contributed by atoms with E-state index in [4.69, 9.17) is 4.74 Å². The van der Waals surface area contributed by atoms with Gasteiger partial charge in [-0.05, 0) is 42.7 Å². The number of thiazole rings is 1. The predicted molar refractivity (Wildman–Crippen MR) is 90.2 cm³/mol. The fourth-order valence-electron chi connectivity index (χ4n) is 2.08. The van der Waals surface area contributed by atoms with Gasteiger partial charge < -0.3 is 4.74 Å². The van der Waals surface area contributed by atoms with Crippen molar-refractivity contribution < 1.29 is 4.74 Å². The van der Waals surface area contributed by atoms with Crippen LogP contribution in [0.3, 0.4) is 0 Å². The molecule has 0 spiro atoms. The quantitative estimate of drug-likeness (QED) is 0.771. The molecule has 4 heteroatoms. The largest absolute Gasteiger partial charge is 0.497 e. The van der Waals surface area contributed by atoms with E-state index in [9.17, 15) is 0 Å². The van der Waals surface area contributed by atoms with Gasteiger partial charge in [-0.1, -0.05) is 18.2 Å². The van der Waals surface area contributed by atoms with E-state index in [1.165, 1.54) is 5.57 Å². The van der Waals surface area contributed by atoms with E-state index in [2.05, 4.69) is 16.1 Å². The van der Waals surface area contributed by atoms with Crippen LogP contribution in [0.4, 0.5) is 0 Å². The van der Waals surface area contributed by atoms with E-state index < -0.39 is 0 Å². The van der Waals surface area contributed by atoms with Gasteiger partial charge in [0.15, 0.2) is 0 Å². The molecule has 0 fully saturated rings. The zero-order chi connectivity index (χ0) is 14.5. The number of rotatable bonds is 4. The molecule has 0 bridgehead atoms. The van der Waals surface area contributed by atoms with E-state index in [-0.39, 0.29) is 0 Å². The van der Waals surface area contributed by atoms with Crippen LogP contribution in [0.15, 0.2) is 53.2 Å². The highest BCUT2D eigenvalue weighted by atomic mass is 32.1. The van der Waals surface area contributed by atoms with Crippen molar-refractivity contribution in [2.24, 2.45) is 4.99 Å². The Bertz CT molecular complexity index is 753. The van der Waals surface area contributed by atoms with Gasteiger partial charge in [0.25, 0.3) is 0 Å². The Morgan fingerprint density at radius 3 is 2.95 bits per heavy atom. The molecule has 0 unspecified atom stereocenters. The third kappa shape index (κ3) is 3.47. The molecule has 2 heterocycles. The summed E-state index contributed by atoms with van der Waals surface area (Å²) in [7, 11) is 1.68.